The second kappa shape index (κ2) is 7.11. The first kappa shape index (κ1) is 15.4. The Balaban J connectivity index is 1.99. The van der Waals surface area contributed by atoms with Gasteiger partial charge in [0.05, 0.1) is 16.6 Å². The summed E-state index contributed by atoms with van der Waals surface area (Å²) in [5.74, 6) is 0.112. The quantitative estimate of drug-likeness (QED) is 0.619. The van der Waals surface area contributed by atoms with Gasteiger partial charge in [-0.15, -0.1) is 6.58 Å². The van der Waals surface area contributed by atoms with Gasteiger partial charge >= 0.3 is 0 Å². The monoisotopic (exact) mass is 312 g/mol. The third kappa shape index (κ3) is 4.23. The maximum absolute atomic E-state index is 12.2. The van der Waals surface area contributed by atoms with Crippen LogP contribution >= 0.6 is 23.2 Å². The van der Waals surface area contributed by atoms with E-state index in [0.717, 1.165) is 18.4 Å². The number of carbonyl (C=O) groups is 1. The predicted molar refractivity (Wildman–Crippen MR) is 83.1 cm³/mol. The van der Waals surface area contributed by atoms with Gasteiger partial charge in [-0.2, -0.15) is 0 Å². The van der Waals surface area contributed by atoms with Gasteiger partial charge in [-0.05, 0) is 30.5 Å². The van der Waals surface area contributed by atoms with Gasteiger partial charge in [0.15, 0.2) is 0 Å². The summed E-state index contributed by atoms with van der Waals surface area (Å²) in [6, 6.07) is 5.87. The molecule has 1 aromatic carbocycles. The Morgan fingerprint density at radius 1 is 1.40 bits per heavy atom. The van der Waals surface area contributed by atoms with Gasteiger partial charge in [0.2, 0.25) is 5.91 Å². The molecule has 1 aromatic rings. The van der Waals surface area contributed by atoms with E-state index in [2.05, 4.69) is 11.9 Å². The van der Waals surface area contributed by atoms with Crippen LogP contribution in [0.15, 0.2) is 30.9 Å². The van der Waals surface area contributed by atoms with E-state index in [4.69, 9.17) is 23.2 Å². The van der Waals surface area contributed by atoms with Crippen molar-refractivity contribution in [3.63, 3.8) is 0 Å². The second-order valence-corrected chi connectivity index (χ2v) is 5.74. The minimum atomic E-state index is 0.112. The minimum absolute atomic E-state index is 0.112. The zero-order valence-corrected chi connectivity index (χ0v) is 12.8. The lowest BCUT2D eigenvalue weighted by Crippen LogP contribution is -2.39. The molecule has 5 heteroatoms. The molecule has 0 saturated heterocycles. The summed E-state index contributed by atoms with van der Waals surface area (Å²) in [4.78, 5) is 14.1. The Bertz CT molecular complexity index is 501. The van der Waals surface area contributed by atoms with Crippen LogP contribution in [-0.2, 0) is 11.3 Å². The summed E-state index contributed by atoms with van der Waals surface area (Å²) in [6.45, 7) is 5.17. The maximum Gasteiger partial charge on any atom is 0.237 e. The SMILES string of the molecule is C=CCNCC(=O)N(Cc1ccc(Cl)c(Cl)c1)C1CC1. The van der Waals surface area contributed by atoms with E-state index in [0.29, 0.717) is 35.7 Å². The Labute approximate surface area is 129 Å². The van der Waals surface area contributed by atoms with Crippen LogP contribution in [0.2, 0.25) is 10.0 Å². The molecule has 1 saturated carbocycles. The van der Waals surface area contributed by atoms with Crippen molar-refractivity contribution in [1.29, 1.82) is 0 Å². The molecule has 108 valence electrons. The molecule has 0 unspecified atom stereocenters. The molecule has 0 spiro atoms. The van der Waals surface area contributed by atoms with Crippen molar-refractivity contribution in [3.8, 4) is 0 Å². The predicted octanol–water partition coefficient (Wildman–Crippen LogP) is 3.26. The molecule has 1 aliphatic rings. The highest BCUT2D eigenvalue weighted by molar-refractivity contribution is 6.42. The molecule has 20 heavy (non-hydrogen) atoms. The van der Waals surface area contributed by atoms with Gasteiger partial charge in [0.25, 0.3) is 0 Å². The fraction of sp³-hybridized carbons (Fsp3) is 0.400. The van der Waals surface area contributed by atoms with Crippen molar-refractivity contribution in [3.05, 3.63) is 46.5 Å². The van der Waals surface area contributed by atoms with Crippen LogP contribution in [0.3, 0.4) is 0 Å². The lowest BCUT2D eigenvalue weighted by Gasteiger charge is -2.23. The standard InChI is InChI=1S/C15H18Cl2N2O/c1-2-7-18-9-15(20)19(12-4-5-12)10-11-3-6-13(16)14(17)8-11/h2-3,6,8,12,18H,1,4-5,7,9-10H2. The summed E-state index contributed by atoms with van der Waals surface area (Å²) in [6.07, 6.45) is 3.90. The van der Waals surface area contributed by atoms with Crippen molar-refractivity contribution < 1.29 is 4.79 Å². The maximum atomic E-state index is 12.2. The first-order chi connectivity index (χ1) is 9.61. The van der Waals surface area contributed by atoms with E-state index in [-0.39, 0.29) is 5.91 Å². The van der Waals surface area contributed by atoms with E-state index < -0.39 is 0 Å². The Hall–Kier alpha value is -1.03. The number of hydrogen-bond acceptors (Lipinski definition) is 2. The van der Waals surface area contributed by atoms with Crippen LogP contribution in [0.4, 0.5) is 0 Å². The summed E-state index contributed by atoms with van der Waals surface area (Å²) in [5.41, 5.74) is 1.00. The average Bonchev–Trinajstić information content (AvgIpc) is 3.24. The van der Waals surface area contributed by atoms with Crippen molar-refractivity contribution in [2.75, 3.05) is 13.1 Å². The fourth-order valence-corrected chi connectivity index (χ4v) is 2.35. The highest BCUT2D eigenvalue weighted by Gasteiger charge is 2.32. The van der Waals surface area contributed by atoms with E-state index in [1.165, 1.54) is 0 Å². The van der Waals surface area contributed by atoms with Crippen LogP contribution in [0.5, 0.6) is 0 Å². The topological polar surface area (TPSA) is 32.3 Å². The third-order valence-corrected chi connectivity index (χ3v) is 3.95. The van der Waals surface area contributed by atoms with Gasteiger partial charge in [-0.25, -0.2) is 0 Å². The van der Waals surface area contributed by atoms with Crippen LogP contribution in [-0.4, -0.2) is 29.9 Å². The molecule has 0 heterocycles. The lowest BCUT2D eigenvalue weighted by molar-refractivity contribution is -0.131. The summed E-state index contributed by atoms with van der Waals surface area (Å²) in [7, 11) is 0. The second-order valence-electron chi connectivity index (χ2n) is 4.92. The molecular formula is C15H18Cl2N2O. The molecule has 1 fully saturated rings. The molecule has 0 atom stereocenters. The van der Waals surface area contributed by atoms with Gasteiger partial charge in [0, 0.05) is 19.1 Å². The highest BCUT2D eigenvalue weighted by atomic mass is 35.5. The normalized spacial score (nSPS) is 14.1. The van der Waals surface area contributed by atoms with Gasteiger partial charge in [0.1, 0.15) is 0 Å². The van der Waals surface area contributed by atoms with E-state index in [1.54, 1.807) is 12.1 Å². The van der Waals surface area contributed by atoms with Gasteiger partial charge < -0.3 is 10.2 Å². The van der Waals surface area contributed by atoms with Crippen LogP contribution in [0.1, 0.15) is 18.4 Å². The van der Waals surface area contributed by atoms with Crippen molar-refractivity contribution in [2.24, 2.45) is 0 Å². The van der Waals surface area contributed by atoms with E-state index in [9.17, 15) is 4.79 Å². The summed E-state index contributed by atoms with van der Waals surface area (Å²) >= 11 is 11.9. The van der Waals surface area contributed by atoms with Crippen molar-refractivity contribution >= 4 is 29.1 Å². The Morgan fingerprint density at radius 2 is 2.15 bits per heavy atom. The molecular weight excluding hydrogens is 295 g/mol. The zero-order chi connectivity index (χ0) is 14.5. The number of halogens is 2. The molecule has 3 nitrogen and oxygen atoms in total. The van der Waals surface area contributed by atoms with Crippen LogP contribution in [0, 0.1) is 0 Å². The number of carbonyl (C=O) groups excluding carboxylic acids is 1. The van der Waals surface area contributed by atoms with Crippen LogP contribution in [0.25, 0.3) is 0 Å². The summed E-state index contributed by atoms with van der Waals surface area (Å²) < 4.78 is 0. The first-order valence-electron chi connectivity index (χ1n) is 6.67. The summed E-state index contributed by atoms with van der Waals surface area (Å²) in [5, 5.41) is 4.11. The van der Waals surface area contributed by atoms with E-state index in [1.807, 2.05) is 17.0 Å². The smallest absolute Gasteiger partial charge is 0.237 e. The molecule has 2 rings (SSSR count). The Morgan fingerprint density at radius 3 is 2.75 bits per heavy atom. The Kier molecular flexibility index (Phi) is 5.46. The first-order valence-corrected chi connectivity index (χ1v) is 7.42. The average molecular weight is 313 g/mol. The zero-order valence-electron chi connectivity index (χ0n) is 11.2. The molecule has 0 bridgehead atoms. The molecule has 1 amide bonds. The largest absolute Gasteiger partial charge is 0.334 e. The number of nitrogens with zero attached hydrogens (tertiary/aromatic N) is 1. The number of nitrogens with one attached hydrogen (secondary N) is 1. The molecule has 0 radical (unpaired) electrons. The molecule has 1 N–H and O–H groups in total. The van der Waals surface area contributed by atoms with Gasteiger partial charge in [-0.3, -0.25) is 4.79 Å². The lowest BCUT2D eigenvalue weighted by atomic mass is 10.2. The van der Waals surface area contributed by atoms with Gasteiger partial charge in [-0.1, -0.05) is 35.3 Å². The molecule has 0 aliphatic heterocycles. The molecule has 1 aliphatic carbocycles. The number of rotatable bonds is 7. The van der Waals surface area contributed by atoms with Crippen molar-refractivity contribution in [1.82, 2.24) is 10.2 Å². The van der Waals surface area contributed by atoms with Crippen molar-refractivity contribution in [2.45, 2.75) is 25.4 Å². The van der Waals surface area contributed by atoms with Crippen LogP contribution < -0.4 is 5.32 Å². The number of hydrogen-bond donors (Lipinski definition) is 1. The third-order valence-electron chi connectivity index (χ3n) is 3.21. The minimum Gasteiger partial charge on any atom is -0.334 e. The number of amides is 1. The number of benzene rings is 1. The molecule has 0 aromatic heterocycles. The fourth-order valence-electron chi connectivity index (χ4n) is 2.02. The van der Waals surface area contributed by atoms with E-state index >= 15 is 0 Å². The highest BCUT2D eigenvalue weighted by Crippen LogP contribution is 2.30.